The summed E-state index contributed by atoms with van der Waals surface area (Å²) in [5, 5.41) is 23.3. The van der Waals surface area contributed by atoms with Crippen LogP contribution in [0.2, 0.25) is 0 Å². The van der Waals surface area contributed by atoms with E-state index in [4.69, 9.17) is 0 Å². The van der Waals surface area contributed by atoms with Gasteiger partial charge in [-0.2, -0.15) is 0 Å². The summed E-state index contributed by atoms with van der Waals surface area (Å²) in [6.45, 7) is 3.50. The van der Waals surface area contributed by atoms with Gasteiger partial charge >= 0.3 is 0 Å². The first-order chi connectivity index (χ1) is 9.92. The molecule has 0 unspecified atom stereocenters. The number of hydrogen-bond acceptors (Lipinski definition) is 5. The summed E-state index contributed by atoms with van der Waals surface area (Å²) >= 11 is 1.40. The number of benzene rings is 1. The first-order valence-corrected chi connectivity index (χ1v) is 7.91. The Morgan fingerprint density at radius 2 is 2.05 bits per heavy atom. The molecule has 0 fully saturated rings. The number of aliphatic hydroxyl groups is 1. The lowest BCUT2D eigenvalue weighted by Gasteiger charge is -2.30. The van der Waals surface area contributed by atoms with Crippen molar-refractivity contribution in [2.24, 2.45) is 0 Å². The molecule has 0 aliphatic heterocycles. The van der Waals surface area contributed by atoms with E-state index in [1.54, 1.807) is 6.07 Å². The summed E-state index contributed by atoms with van der Waals surface area (Å²) in [4.78, 5) is 23.7. The predicted molar refractivity (Wildman–Crippen MR) is 82.7 cm³/mol. The molecule has 0 saturated heterocycles. The second-order valence-corrected chi connectivity index (χ2v) is 5.62. The monoisotopic (exact) mass is 312 g/mol. The van der Waals surface area contributed by atoms with E-state index in [0.717, 1.165) is 4.90 Å². The van der Waals surface area contributed by atoms with Crippen molar-refractivity contribution >= 4 is 23.4 Å². The van der Waals surface area contributed by atoms with Gasteiger partial charge in [0.15, 0.2) is 0 Å². The van der Waals surface area contributed by atoms with E-state index in [1.807, 2.05) is 20.1 Å². The van der Waals surface area contributed by atoms with Crippen molar-refractivity contribution in [2.75, 3.05) is 12.9 Å². The molecule has 21 heavy (non-hydrogen) atoms. The molecule has 1 aromatic carbocycles. The van der Waals surface area contributed by atoms with Gasteiger partial charge in [0.1, 0.15) is 5.56 Å². The van der Waals surface area contributed by atoms with E-state index in [2.05, 4.69) is 5.32 Å². The van der Waals surface area contributed by atoms with E-state index in [0.29, 0.717) is 12.8 Å². The van der Waals surface area contributed by atoms with Crippen molar-refractivity contribution in [1.29, 1.82) is 0 Å². The number of rotatable bonds is 7. The zero-order chi connectivity index (χ0) is 16.0. The maximum absolute atomic E-state index is 12.4. The van der Waals surface area contributed by atoms with Crippen molar-refractivity contribution in [3.63, 3.8) is 0 Å². The van der Waals surface area contributed by atoms with Gasteiger partial charge in [0, 0.05) is 11.0 Å². The minimum absolute atomic E-state index is 0.0200. The van der Waals surface area contributed by atoms with Gasteiger partial charge in [0.05, 0.1) is 17.1 Å². The van der Waals surface area contributed by atoms with Crippen molar-refractivity contribution in [3.8, 4) is 0 Å². The van der Waals surface area contributed by atoms with Crippen molar-refractivity contribution in [3.05, 3.63) is 33.9 Å². The maximum atomic E-state index is 12.4. The first kappa shape index (κ1) is 17.5. The number of hydrogen-bond donors (Lipinski definition) is 2. The van der Waals surface area contributed by atoms with E-state index in [9.17, 15) is 20.0 Å². The van der Waals surface area contributed by atoms with Crippen molar-refractivity contribution in [1.82, 2.24) is 5.32 Å². The third-order valence-corrected chi connectivity index (χ3v) is 4.41. The molecule has 0 spiro atoms. The molecule has 0 heterocycles. The van der Waals surface area contributed by atoms with Crippen LogP contribution in [-0.4, -0.2) is 34.3 Å². The van der Waals surface area contributed by atoms with Crippen LogP contribution in [0.25, 0.3) is 0 Å². The molecule has 1 rings (SSSR count). The quantitative estimate of drug-likeness (QED) is 0.458. The number of carbonyl (C=O) groups is 1. The number of aliphatic hydroxyl groups excluding tert-OH is 1. The summed E-state index contributed by atoms with van der Waals surface area (Å²) in [7, 11) is 0. The molecule has 0 bridgehead atoms. The average Bonchev–Trinajstić information content (AvgIpc) is 2.51. The van der Waals surface area contributed by atoms with Gasteiger partial charge < -0.3 is 10.4 Å². The van der Waals surface area contributed by atoms with Crippen LogP contribution in [0.15, 0.2) is 23.1 Å². The Balaban J connectivity index is 3.19. The highest BCUT2D eigenvalue weighted by Gasteiger charge is 2.30. The molecule has 6 nitrogen and oxygen atoms in total. The smallest absolute Gasteiger partial charge is 0.282 e. The third-order valence-electron chi connectivity index (χ3n) is 3.68. The van der Waals surface area contributed by atoms with Crippen LogP contribution in [-0.2, 0) is 0 Å². The van der Waals surface area contributed by atoms with Gasteiger partial charge in [0.2, 0.25) is 0 Å². The summed E-state index contributed by atoms with van der Waals surface area (Å²) in [5.74, 6) is -0.532. The lowest BCUT2D eigenvalue weighted by molar-refractivity contribution is -0.385. The zero-order valence-corrected chi connectivity index (χ0v) is 13.2. The molecular formula is C14H20N2O4S. The second-order valence-electron chi connectivity index (χ2n) is 4.74. The molecule has 0 aliphatic carbocycles. The fraction of sp³-hybridized carbons (Fsp3) is 0.500. The maximum Gasteiger partial charge on any atom is 0.282 e. The van der Waals surface area contributed by atoms with Crippen LogP contribution in [0.5, 0.6) is 0 Å². The standard InChI is InChI=1S/C14H20N2O4S/c1-4-14(5-2,9-17)15-13(18)11-8-10(21-3)6-7-12(11)16(19)20/h6-8,17H,4-5,9H2,1-3H3,(H,15,18). The van der Waals surface area contributed by atoms with Crippen LogP contribution in [0.3, 0.4) is 0 Å². The van der Waals surface area contributed by atoms with E-state index in [-0.39, 0.29) is 17.9 Å². The number of nitro benzene ring substituents is 1. The molecule has 1 amide bonds. The highest BCUT2D eigenvalue weighted by molar-refractivity contribution is 7.98. The largest absolute Gasteiger partial charge is 0.394 e. The third kappa shape index (κ3) is 3.95. The molecule has 0 radical (unpaired) electrons. The summed E-state index contributed by atoms with van der Waals surface area (Å²) < 4.78 is 0. The molecule has 116 valence electrons. The van der Waals surface area contributed by atoms with E-state index >= 15 is 0 Å². The zero-order valence-electron chi connectivity index (χ0n) is 12.4. The van der Waals surface area contributed by atoms with Crippen LogP contribution in [0.4, 0.5) is 5.69 Å². The van der Waals surface area contributed by atoms with Crippen LogP contribution >= 0.6 is 11.8 Å². The van der Waals surface area contributed by atoms with Crippen molar-refractivity contribution < 1.29 is 14.8 Å². The Kier molecular flexibility index (Phi) is 6.17. The fourth-order valence-electron chi connectivity index (χ4n) is 1.98. The second kappa shape index (κ2) is 7.42. The minimum Gasteiger partial charge on any atom is -0.394 e. The van der Waals surface area contributed by atoms with Gasteiger partial charge in [-0.15, -0.1) is 11.8 Å². The number of thioether (sulfide) groups is 1. The molecule has 0 aromatic heterocycles. The molecule has 7 heteroatoms. The lowest BCUT2D eigenvalue weighted by Crippen LogP contribution is -2.50. The van der Waals surface area contributed by atoms with Gasteiger partial charge in [-0.25, -0.2) is 0 Å². The topological polar surface area (TPSA) is 92.5 Å². The van der Waals surface area contributed by atoms with Gasteiger partial charge in [-0.1, -0.05) is 13.8 Å². The van der Waals surface area contributed by atoms with Gasteiger partial charge in [-0.05, 0) is 31.2 Å². The Labute approximate surface area is 128 Å². The average molecular weight is 312 g/mol. The summed E-state index contributed by atoms with van der Waals surface area (Å²) in [6.07, 6.45) is 2.92. The molecule has 1 aromatic rings. The Morgan fingerprint density at radius 1 is 1.43 bits per heavy atom. The lowest BCUT2D eigenvalue weighted by atomic mass is 9.93. The van der Waals surface area contributed by atoms with Crippen LogP contribution < -0.4 is 5.32 Å². The normalized spacial score (nSPS) is 11.2. The summed E-state index contributed by atoms with van der Waals surface area (Å²) in [5.41, 5.74) is -0.962. The Hall–Kier alpha value is -1.60. The molecule has 0 saturated carbocycles. The molecule has 0 aliphatic rings. The van der Waals surface area contributed by atoms with Gasteiger partial charge in [-0.3, -0.25) is 14.9 Å². The molecular weight excluding hydrogens is 292 g/mol. The number of carbonyl (C=O) groups excluding carboxylic acids is 1. The van der Waals surface area contributed by atoms with Crippen LogP contribution in [0, 0.1) is 10.1 Å². The number of nitro groups is 1. The highest BCUT2D eigenvalue weighted by atomic mass is 32.2. The Morgan fingerprint density at radius 3 is 2.48 bits per heavy atom. The van der Waals surface area contributed by atoms with E-state index in [1.165, 1.54) is 23.9 Å². The molecule has 2 N–H and O–H groups in total. The van der Waals surface area contributed by atoms with E-state index < -0.39 is 16.4 Å². The SMILES string of the molecule is CCC(CC)(CO)NC(=O)c1cc(SC)ccc1[N+](=O)[O-]. The van der Waals surface area contributed by atoms with Crippen LogP contribution in [0.1, 0.15) is 37.0 Å². The Bertz CT molecular complexity index is 521. The number of nitrogens with zero attached hydrogens (tertiary/aromatic N) is 1. The number of amides is 1. The predicted octanol–water partition coefficient (Wildman–Crippen LogP) is 2.60. The minimum atomic E-state index is -0.750. The molecule has 0 atom stereocenters. The fourth-order valence-corrected chi connectivity index (χ4v) is 2.42. The van der Waals surface area contributed by atoms with Gasteiger partial charge in [0.25, 0.3) is 11.6 Å². The number of nitrogens with one attached hydrogen (secondary N) is 1. The first-order valence-electron chi connectivity index (χ1n) is 6.68. The van der Waals surface area contributed by atoms with Crippen molar-refractivity contribution in [2.45, 2.75) is 37.1 Å². The summed E-state index contributed by atoms with van der Waals surface area (Å²) in [6, 6.07) is 4.45. The highest BCUT2D eigenvalue weighted by Crippen LogP contribution is 2.26.